The number of carbonyl (C=O) groups is 2. The minimum atomic E-state index is -0.688. The number of hydrogen-bond donors (Lipinski definition) is 1. The third-order valence-electron chi connectivity index (χ3n) is 2.67. The maximum atomic E-state index is 11.7. The zero-order valence-corrected chi connectivity index (χ0v) is 9.04. The molecule has 5 nitrogen and oxygen atoms in total. The van der Waals surface area contributed by atoms with Crippen molar-refractivity contribution in [3.05, 3.63) is 0 Å². The largest absolute Gasteiger partial charge is 0.335 e. The fourth-order valence-corrected chi connectivity index (χ4v) is 1.80. The second-order valence-electron chi connectivity index (χ2n) is 4.21. The first-order valence-electron chi connectivity index (χ1n) is 4.96. The monoisotopic (exact) mass is 209 g/mol. The van der Waals surface area contributed by atoms with Gasteiger partial charge in [-0.3, -0.25) is 9.59 Å². The highest BCUT2D eigenvalue weighted by Gasteiger charge is 2.37. The van der Waals surface area contributed by atoms with Crippen molar-refractivity contribution in [1.82, 2.24) is 10.2 Å². The van der Waals surface area contributed by atoms with Gasteiger partial charge in [-0.1, -0.05) is 0 Å². The van der Waals surface area contributed by atoms with Crippen LogP contribution < -0.4 is 5.32 Å². The molecule has 1 fully saturated rings. The number of rotatable bonds is 1. The zero-order chi connectivity index (χ0) is 11.5. The average molecular weight is 209 g/mol. The molecule has 1 aliphatic rings. The van der Waals surface area contributed by atoms with E-state index >= 15 is 0 Å². The summed E-state index contributed by atoms with van der Waals surface area (Å²) in [4.78, 5) is 24.6. The third kappa shape index (κ3) is 2.46. The van der Waals surface area contributed by atoms with Crippen molar-refractivity contribution < 1.29 is 9.59 Å². The molecule has 1 rings (SSSR count). The van der Waals surface area contributed by atoms with Gasteiger partial charge in [0.2, 0.25) is 0 Å². The Labute approximate surface area is 89.0 Å². The van der Waals surface area contributed by atoms with E-state index in [1.807, 2.05) is 13.8 Å². The SMILES string of the molecule is CC1(C)CCCN1C(=O)C(=O)NCC#N. The summed E-state index contributed by atoms with van der Waals surface area (Å²) in [6, 6.07) is 1.76. The molecular weight excluding hydrogens is 194 g/mol. The van der Waals surface area contributed by atoms with Gasteiger partial charge in [-0.05, 0) is 26.7 Å². The van der Waals surface area contributed by atoms with Gasteiger partial charge in [-0.2, -0.15) is 5.26 Å². The predicted octanol–water partition coefficient (Wildman–Crippen LogP) is 0.0272. The van der Waals surface area contributed by atoms with Gasteiger partial charge in [0.1, 0.15) is 6.54 Å². The Kier molecular flexibility index (Phi) is 3.30. The van der Waals surface area contributed by atoms with Crippen molar-refractivity contribution in [1.29, 1.82) is 5.26 Å². The number of nitrogens with zero attached hydrogens (tertiary/aromatic N) is 2. The molecule has 0 aromatic carbocycles. The van der Waals surface area contributed by atoms with E-state index < -0.39 is 11.8 Å². The van der Waals surface area contributed by atoms with E-state index in [9.17, 15) is 9.59 Å². The lowest BCUT2D eigenvalue weighted by molar-refractivity contribution is -0.147. The number of hydrogen-bond acceptors (Lipinski definition) is 3. The summed E-state index contributed by atoms with van der Waals surface area (Å²) < 4.78 is 0. The molecule has 1 heterocycles. The van der Waals surface area contributed by atoms with E-state index in [0.29, 0.717) is 6.54 Å². The summed E-state index contributed by atoms with van der Waals surface area (Å²) in [6.07, 6.45) is 1.83. The quantitative estimate of drug-likeness (QED) is 0.489. The minimum absolute atomic E-state index is 0.126. The number of amides is 2. The van der Waals surface area contributed by atoms with Crippen molar-refractivity contribution in [3.63, 3.8) is 0 Å². The Morgan fingerprint density at radius 3 is 2.67 bits per heavy atom. The predicted molar refractivity (Wildman–Crippen MR) is 53.6 cm³/mol. The summed E-state index contributed by atoms with van der Waals surface area (Å²) in [5.41, 5.74) is -0.249. The maximum absolute atomic E-state index is 11.7. The second-order valence-corrected chi connectivity index (χ2v) is 4.21. The molecule has 0 bridgehead atoms. The highest BCUT2D eigenvalue weighted by atomic mass is 16.2. The molecule has 0 atom stereocenters. The highest BCUT2D eigenvalue weighted by Crippen LogP contribution is 2.27. The molecule has 0 aromatic heterocycles. The van der Waals surface area contributed by atoms with Crippen molar-refractivity contribution in [3.8, 4) is 6.07 Å². The lowest BCUT2D eigenvalue weighted by Crippen LogP contribution is -2.49. The highest BCUT2D eigenvalue weighted by molar-refractivity contribution is 6.35. The maximum Gasteiger partial charge on any atom is 0.312 e. The van der Waals surface area contributed by atoms with Crippen LogP contribution in [0.3, 0.4) is 0 Å². The standard InChI is InChI=1S/C10H15N3O2/c1-10(2)4-3-7-13(10)9(15)8(14)12-6-5-11/h3-4,6-7H2,1-2H3,(H,12,14). The van der Waals surface area contributed by atoms with Crippen LogP contribution in [0.25, 0.3) is 0 Å². The summed E-state index contributed by atoms with van der Waals surface area (Å²) in [6.45, 7) is 4.37. The molecular formula is C10H15N3O2. The van der Waals surface area contributed by atoms with Crippen LogP contribution in [-0.2, 0) is 9.59 Å². The van der Waals surface area contributed by atoms with E-state index in [2.05, 4.69) is 5.32 Å². The van der Waals surface area contributed by atoms with E-state index in [-0.39, 0.29) is 12.1 Å². The molecule has 0 saturated carbocycles. The molecule has 15 heavy (non-hydrogen) atoms. The minimum Gasteiger partial charge on any atom is -0.335 e. The molecule has 2 amide bonds. The average Bonchev–Trinajstić information content (AvgIpc) is 2.53. The molecule has 0 spiro atoms. The first-order chi connectivity index (χ1) is 6.99. The van der Waals surface area contributed by atoms with Gasteiger partial charge in [0.15, 0.2) is 0 Å². The van der Waals surface area contributed by atoms with Gasteiger partial charge in [-0.25, -0.2) is 0 Å². The smallest absolute Gasteiger partial charge is 0.312 e. The Bertz CT molecular complexity index is 317. The number of nitrogens with one attached hydrogen (secondary N) is 1. The molecule has 82 valence electrons. The summed E-state index contributed by atoms with van der Waals surface area (Å²) >= 11 is 0. The number of nitriles is 1. The summed E-state index contributed by atoms with van der Waals surface area (Å²) in [5, 5.41) is 10.5. The molecule has 0 unspecified atom stereocenters. The molecule has 0 aliphatic carbocycles. The Morgan fingerprint density at radius 1 is 1.53 bits per heavy atom. The van der Waals surface area contributed by atoms with Crippen molar-refractivity contribution in [2.24, 2.45) is 0 Å². The molecule has 0 radical (unpaired) electrons. The van der Waals surface area contributed by atoms with Crippen molar-refractivity contribution >= 4 is 11.8 Å². The van der Waals surface area contributed by atoms with Crippen LogP contribution in [0, 0.1) is 11.3 Å². The van der Waals surface area contributed by atoms with Crippen LogP contribution in [0.15, 0.2) is 0 Å². The molecule has 1 N–H and O–H groups in total. The van der Waals surface area contributed by atoms with E-state index in [0.717, 1.165) is 12.8 Å². The van der Waals surface area contributed by atoms with Crippen LogP contribution >= 0.6 is 0 Å². The topological polar surface area (TPSA) is 73.2 Å². The van der Waals surface area contributed by atoms with Crippen molar-refractivity contribution in [2.45, 2.75) is 32.2 Å². The van der Waals surface area contributed by atoms with E-state index in [1.165, 1.54) is 0 Å². The Morgan fingerprint density at radius 2 is 2.20 bits per heavy atom. The van der Waals surface area contributed by atoms with Gasteiger partial charge in [0.25, 0.3) is 0 Å². The molecule has 0 aromatic rings. The number of carbonyl (C=O) groups excluding carboxylic acids is 2. The van der Waals surface area contributed by atoms with Crippen LogP contribution in [-0.4, -0.2) is 35.3 Å². The van der Waals surface area contributed by atoms with Gasteiger partial charge in [-0.15, -0.1) is 0 Å². The first-order valence-corrected chi connectivity index (χ1v) is 4.96. The third-order valence-corrected chi connectivity index (χ3v) is 2.67. The lowest BCUT2D eigenvalue weighted by atomic mass is 10.0. The summed E-state index contributed by atoms with van der Waals surface area (Å²) in [7, 11) is 0. The fourth-order valence-electron chi connectivity index (χ4n) is 1.80. The van der Waals surface area contributed by atoms with E-state index in [4.69, 9.17) is 5.26 Å². The first kappa shape index (κ1) is 11.5. The van der Waals surface area contributed by atoms with E-state index in [1.54, 1.807) is 11.0 Å². The van der Waals surface area contributed by atoms with Gasteiger partial charge < -0.3 is 10.2 Å². The van der Waals surface area contributed by atoms with Gasteiger partial charge >= 0.3 is 11.8 Å². The molecule has 1 saturated heterocycles. The Balaban J connectivity index is 2.61. The van der Waals surface area contributed by atoms with Crippen LogP contribution in [0.5, 0.6) is 0 Å². The lowest BCUT2D eigenvalue weighted by Gasteiger charge is -2.30. The Hall–Kier alpha value is -1.57. The van der Waals surface area contributed by atoms with Crippen LogP contribution in [0.4, 0.5) is 0 Å². The van der Waals surface area contributed by atoms with Crippen molar-refractivity contribution in [2.75, 3.05) is 13.1 Å². The second kappa shape index (κ2) is 4.30. The summed E-state index contributed by atoms with van der Waals surface area (Å²) in [5.74, 6) is -1.22. The van der Waals surface area contributed by atoms with Gasteiger partial charge in [0.05, 0.1) is 6.07 Å². The van der Waals surface area contributed by atoms with Crippen LogP contribution in [0.2, 0.25) is 0 Å². The van der Waals surface area contributed by atoms with Gasteiger partial charge in [0, 0.05) is 12.1 Å². The normalized spacial score (nSPS) is 18.3. The fraction of sp³-hybridized carbons (Fsp3) is 0.700. The zero-order valence-electron chi connectivity index (χ0n) is 9.04. The van der Waals surface area contributed by atoms with Crippen LogP contribution in [0.1, 0.15) is 26.7 Å². The molecule has 5 heteroatoms. The molecule has 1 aliphatic heterocycles. The number of likely N-dealkylation sites (tertiary alicyclic amines) is 1.